The molecule has 4 heteroatoms. The van der Waals surface area contributed by atoms with E-state index in [2.05, 4.69) is 19.9 Å². The average Bonchev–Trinajstić information content (AvgIpc) is 2.72. The van der Waals surface area contributed by atoms with E-state index in [0.29, 0.717) is 0 Å². The molecule has 0 aliphatic heterocycles. The lowest BCUT2D eigenvalue weighted by Crippen LogP contribution is -2.31. The predicted molar refractivity (Wildman–Crippen MR) is 116 cm³/mol. The third-order valence-corrected chi connectivity index (χ3v) is 5.17. The largest absolute Gasteiger partial charge is 0.497 e. The molecule has 0 heterocycles. The normalized spacial score (nSPS) is 12.3. The molecular weight excluding hydrogens is 350 g/mol. The Morgan fingerprint density at radius 3 is 2.14 bits per heavy atom. The second-order valence-corrected chi connectivity index (χ2v) is 7.45. The van der Waals surface area contributed by atoms with E-state index in [-0.39, 0.29) is 11.9 Å². The molecular formula is C24H35NO3. The second kappa shape index (κ2) is 11.7. The van der Waals surface area contributed by atoms with Crippen molar-refractivity contribution in [2.45, 2.75) is 65.2 Å². The Balaban J connectivity index is 2.04. The molecule has 0 aliphatic carbocycles. The van der Waals surface area contributed by atoms with Gasteiger partial charge in [0.2, 0.25) is 0 Å². The molecule has 2 rings (SSSR count). The van der Waals surface area contributed by atoms with Crippen LogP contribution in [0.2, 0.25) is 0 Å². The van der Waals surface area contributed by atoms with Crippen LogP contribution in [0, 0.1) is 0 Å². The van der Waals surface area contributed by atoms with Crippen molar-refractivity contribution in [3.8, 4) is 5.75 Å². The van der Waals surface area contributed by atoms with Crippen LogP contribution in [0.25, 0.3) is 10.8 Å². The van der Waals surface area contributed by atoms with E-state index in [1.165, 1.54) is 0 Å². The molecule has 154 valence electrons. The van der Waals surface area contributed by atoms with Crippen molar-refractivity contribution in [1.29, 1.82) is 0 Å². The lowest BCUT2D eigenvalue weighted by Gasteiger charge is -2.23. The predicted octanol–water partition coefficient (Wildman–Crippen LogP) is 6.09. The van der Waals surface area contributed by atoms with Crippen LogP contribution >= 0.6 is 0 Å². The molecule has 0 amide bonds. The standard InChI is InChI=1S/C24H35NO3/c1-5-7-9-15-25(16-10-8-6-2)28-24(26)19(3)20-11-12-22-18-23(27-4)14-13-21(22)17-20/h11-14,17-19H,5-10,15-16H2,1-4H3. The van der Waals surface area contributed by atoms with Crippen molar-refractivity contribution in [2.24, 2.45) is 0 Å². The zero-order valence-electron chi connectivity index (χ0n) is 17.9. The van der Waals surface area contributed by atoms with E-state index < -0.39 is 0 Å². The fourth-order valence-electron chi connectivity index (χ4n) is 3.26. The molecule has 1 unspecified atom stereocenters. The Kier molecular flexibility index (Phi) is 9.29. The maximum atomic E-state index is 12.8. The van der Waals surface area contributed by atoms with E-state index in [0.717, 1.165) is 73.7 Å². The fourth-order valence-corrected chi connectivity index (χ4v) is 3.26. The van der Waals surface area contributed by atoms with Gasteiger partial charge in [0.05, 0.1) is 13.0 Å². The minimum absolute atomic E-state index is 0.180. The lowest BCUT2D eigenvalue weighted by molar-refractivity contribution is -0.192. The number of methoxy groups -OCH3 is 1. The zero-order chi connectivity index (χ0) is 20.4. The molecule has 0 spiro atoms. The molecule has 0 bridgehead atoms. The molecule has 2 aromatic rings. The molecule has 28 heavy (non-hydrogen) atoms. The number of carbonyl (C=O) groups is 1. The monoisotopic (exact) mass is 385 g/mol. The maximum absolute atomic E-state index is 12.8. The maximum Gasteiger partial charge on any atom is 0.332 e. The summed E-state index contributed by atoms with van der Waals surface area (Å²) < 4.78 is 5.28. The Morgan fingerprint density at radius 2 is 1.54 bits per heavy atom. The van der Waals surface area contributed by atoms with Gasteiger partial charge in [0, 0.05) is 13.1 Å². The summed E-state index contributed by atoms with van der Waals surface area (Å²) in [7, 11) is 1.67. The van der Waals surface area contributed by atoms with Crippen molar-refractivity contribution in [1.82, 2.24) is 5.06 Å². The summed E-state index contributed by atoms with van der Waals surface area (Å²) in [5.41, 5.74) is 0.977. The highest BCUT2D eigenvalue weighted by Crippen LogP contribution is 2.26. The topological polar surface area (TPSA) is 38.8 Å². The van der Waals surface area contributed by atoms with Gasteiger partial charge >= 0.3 is 5.97 Å². The first-order valence-corrected chi connectivity index (χ1v) is 10.6. The van der Waals surface area contributed by atoms with Gasteiger partial charge in [-0.1, -0.05) is 63.8 Å². The first kappa shape index (κ1) is 22.2. The molecule has 2 aromatic carbocycles. The van der Waals surface area contributed by atoms with E-state index in [9.17, 15) is 4.79 Å². The molecule has 1 atom stereocenters. The molecule has 0 fully saturated rings. The van der Waals surface area contributed by atoms with Gasteiger partial charge in [0.1, 0.15) is 5.75 Å². The van der Waals surface area contributed by atoms with E-state index in [1.807, 2.05) is 42.3 Å². The van der Waals surface area contributed by atoms with Gasteiger partial charge in [0.15, 0.2) is 0 Å². The zero-order valence-corrected chi connectivity index (χ0v) is 17.9. The summed E-state index contributed by atoms with van der Waals surface area (Å²) >= 11 is 0. The van der Waals surface area contributed by atoms with E-state index in [1.54, 1.807) is 7.11 Å². The summed E-state index contributed by atoms with van der Waals surface area (Å²) in [6.07, 6.45) is 6.76. The Labute approximate surface area is 169 Å². The molecule has 0 saturated carbocycles. The number of fused-ring (bicyclic) bond motifs is 1. The fraction of sp³-hybridized carbons (Fsp3) is 0.542. The first-order valence-electron chi connectivity index (χ1n) is 10.6. The van der Waals surface area contributed by atoms with Gasteiger partial charge < -0.3 is 9.57 Å². The van der Waals surface area contributed by atoms with Crippen molar-refractivity contribution in [3.05, 3.63) is 42.0 Å². The summed E-state index contributed by atoms with van der Waals surface area (Å²) in [4.78, 5) is 18.6. The van der Waals surface area contributed by atoms with Crippen LogP contribution in [0.15, 0.2) is 36.4 Å². The first-order chi connectivity index (χ1) is 13.6. The van der Waals surface area contributed by atoms with Gasteiger partial charge in [0.25, 0.3) is 0 Å². The quantitative estimate of drug-likeness (QED) is 0.327. The van der Waals surface area contributed by atoms with E-state index >= 15 is 0 Å². The van der Waals surface area contributed by atoms with Gasteiger partial charge in [-0.05, 0) is 48.2 Å². The highest BCUT2D eigenvalue weighted by Gasteiger charge is 2.20. The molecule has 0 aromatic heterocycles. The van der Waals surface area contributed by atoms with Crippen LogP contribution in [0.3, 0.4) is 0 Å². The van der Waals surface area contributed by atoms with Crippen LogP contribution in [-0.2, 0) is 9.63 Å². The van der Waals surface area contributed by atoms with Crippen molar-refractivity contribution < 1.29 is 14.4 Å². The molecule has 0 N–H and O–H groups in total. The van der Waals surface area contributed by atoms with E-state index in [4.69, 9.17) is 9.57 Å². The van der Waals surface area contributed by atoms with Crippen molar-refractivity contribution in [2.75, 3.05) is 20.2 Å². The minimum Gasteiger partial charge on any atom is -0.497 e. The highest BCUT2D eigenvalue weighted by molar-refractivity contribution is 5.86. The van der Waals surface area contributed by atoms with Gasteiger partial charge in [-0.25, -0.2) is 4.79 Å². The number of unbranched alkanes of at least 4 members (excludes halogenated alkanes) is 4. The molecule has 0 saturated heterocycles. The number of ether oxygens (including phenoxy) is 1. The third kappa shape index (κ3) is 6.52. The summed E-state index contributed by atoms with van der Waals surface area (Å²) in [6, 6.07) is 12.1. The Hall–Kier alpha value is -2.07. The molecule has 0 radical (unpaired) electrons. The number of hydrogen-bond donors (Lipinski definition) is 0. The molecule has 4 nitrogen and oxygen atoms in total. The number of carbonyl (C=O) groups excluding carboxylic acids is 1. The van der Waals surface area contributed by atoms with Crippen molar-refractivity contribution >= 4 is 16.7 Å². The lowest BCUT2D eigenvalue weighted by atomic mass is 9.98. The smallest absolute Gasteiger partial charge is 0.332 e. The third-order valence-electron chi connectivity index (χ3n) is 5.17. The number of hydroxylamine groups is 2. The van der Waals surface area contributed by atoms with Crippen LogP contribution in [-0.4, -0.2) is 31.2 Å². The van der Waals surface area contributed by atoms with Crippen molar-refractivity contribution in [3.63, 3.8) is 0 Å². The minimum atomic E-state index is -0.300. The Bertz CT molecular complexity index is 734. The second-order valence-electron chi connectivity index (χ2n) is 7.45. The van der Waals surface area contributed by atoms with Crippen LogP contribution in [0.5, 0.6) is 5.75 Å². The summed E-state index contributed by atoms with van der Waals surface area (Å²) in [5.74, 6) is 0.356. The van der Waals surface area contributed by atoms with Crippen LogP contribution < -0.4 is 4.74 Å². The van der Waals surface area contributed by atoms with Crippen LogP contribution in [0.1, 0.15) is 70.8 Å². The number of rotatable bonds is 12. The average molecular weight is 386 g/mol. The number of benzene rings is 2. The SMILES string of the molecule is CCCCCN(CCCCC)OC(=O)C(C)c1ccc2cc(OC)ccc2c1. The van der Waals surface area contributed by atoms with Gasteiger partial charge in [-0.3, -0.25) is 0 Å². The Morgan fingerprint density at radius 1 is 0.929 bits per heavy atom. The number of nitrogens with zero attached hydrogens (tertiary/aromatic N) is 1. The molecule has 0 aliphatic rings. The highest BCUT2D eigenvalue weighted by atomic mass is 16.7. The summed E-state index contributed by atoms with van der Waals surface area (Å²) in [5, 5.41) is 4.07. The summed E-state index contributed by atoms with van der Waals surface area (Å²) in [6.45, 7) is 7.92. The van der Waals surface area contributed by atoms with Crippen LogP contribution in [0.4, 0.5) is 0 Å². The van der Waals surface area contributed by atoms with Gasteiger partial charge in [-0.2, -0.15) is 0 Å². The van der Waals surface area contributed by atoms with Gasteiger partial charge in [-0.15, -0.1) is 5.06 Å². The number of hydrogen-bond acceptors (Lipinski definition) is 4.